The van der Waals surface area contributed by atoms with E-state index in [9.17, 15) is 0 Å². The highest BCUT2D eigenvalue weighted by molar-refractivity contribution is 6.32. The van der Waals surface area contributed by atoms with Crippen LogP contribution in [0.4, 0.5) is 5.69 Å². The second kappa shape index (κ2) is 5.56. The fourth-order valence-corrected chi connectivity index (χ4v) is 1.90. The first-order chi connectivity index (χ1) is 8.70. The van der Waals surface area contributed by atoms with E-state index in [-0.39, 0.29) is 0 Å². The molecule has 1 aromatic carbocycles. The lowest BCUT2D eigenvalue weighted by Gasteiger charge is -2.09. The molecule has 4 nitrogen and oxygen atoms in total. The molecule has 0 fully saturated rings. The van der Waals surface area contributed by atoms with E-state index < -0.39 is 0 Å². The van der Waals surface area contributed by atoms with Crippen LogP contribution in [0.2, 0.25) is 5.02 Å². The predicted molar refractivity (Wildman–Crippen MR) is 71.6 cm³/mol. The number of halogens is 1. The first kappa shape index (κ1) is 12.5. The van der Waals surface area contributed by atoms with Crippen LogP contribution in [0.3, 0.4) is 0 Å². The maximum atomic E-state index is 9.03. The third-order valence-electron chi connectivity index (χ3n) is 2.54. The molecule has 5 heteroatoms. The Morgan fingerprint density at radius 1 is 1.50 bits per heavy atom. The van der Waals surface area contributed by atoms with Crippen molar-refractivity contribution < 1.29 is 0 Å². The van der Waals surface area contributed by atoms with E-state index >= 15 is 0 Å². The van der Waals surface area contributed by atoms with Gasteiger partial charge < -0.3 is 5.32 Å². The summed E-state index contributed by atoms with van der Waals surface area (Å²) in [6.45, 7) is 3.43. The Labute approximate surface area is 111 Å². The molecule has 0 saturated heterocycles. The van der Waals surface area contributed by atoms with Gasteiger partial charge in [0.1, 0.15) is 6.07 Å². The minimum absolute atomic E-state index is 0.470. The molecule has 2 rings (SSSR count). The highest BCUT2D eigenvalue weighted by Gasteiger charge is 2.05. The smallest absolute Gasteiger partial charge is 0.103 e. The average Bonchev–Trinajstić information content (AvgIpc) is 2.75. The van der Waals surface area contributed by atoms with E-state index in [1.54, 1.807) is 6.07 Å². The molecule has 0 amide bonds. The number of anilines is 1. The third-order valence-corrected chi connectivity index (χ3v) is 2.86. The zero-order valence-electron chi connectivity index (χ0n) is 10.0. The summed E-state index contributed by atoms with van der Waals surface area (Å²) in [5.74, 6) is 0. The number of nitriles is 1. The van der Waals surface area contributed by atoms with Crippen LogP contribution in [-0.2, 0) is 6.54 Å². The van der Waals surface area contributed by atoms with Crippen molar-refractivity contribution in [3.8, 4) is 6.07 Å². The molecule has 0 atom stereocenters. The number of rotatable bonds is 4. The minimum Gasteiger partial charge on any atom is -0.382 e. The molecule has 18 heavy (non-hydrogen) atoms. The van der Waals surface area contributed by atoms with Crippen molar-refractivity contribution in [1.82, 2.24) is 9.78 Å². The molecular weight excluding hydrogens is 248 g/mol. The van der Waals surface area contributed by atoms with Gasteiger partial charge in [-0.05, 0) is 24.6 Å². The summed E-state index contributed by atoms with van der Waals surface area (Å²) in [5, 5.41) is 16.9. The average molecular weight is 261 g/mol. The van der Waals surface area contributed by atoms with Gasteiger partial charge in [0.05, 0.1) is 29.0 Å². The molecule has 0 aliphatic rings. The Morgan fingerprint density at radius 3 is 3.00 bits per heavy atom. The van der Waals surface area contributed by atoms with Crippen LogP contribution in [0.1, 0.15) is 11.1 Å². The normalized spacial score (nSPS) is 10.1. The van der Waals surface area contributed by atoms with Crippen LogP contribution < -0.4 is 5.32 Å². The number of benzene rings is 1. The lowest BCUT2D eigenvalue weighted by atomic mass is 10.2. The van der Waals surface area contributed by atoms with Gasteiger partial charge in [-0.2, -0.15) is 10.4 Å². The van der Waals surface area contributed by atoms with Crippen molar-refractivity contribution in [2.75, 3.05) is 11.9 Å². The van der Waals surface area contributed by atoms with Crippen molar-refractivity contribution >= 4 is 17.3 Å². The Morgan fingerprint density at radius 2 is 2.33 bits per heavy atom. The van der Waals surface area contributed by atoms with Gasteiger partial charge in [-0.25, -0.2) is 0 Å². The van der Waals surface area contributed by atoms with Crippen molar-refractivity contribution in [3.63, 3.8) is 0 Å². The molecule has 1 aromatic heterocycles. The van der Waals surface area contributed by atoms with Crippen molar-refractivity contribution in [2.45, 2.75) is 13.5 Å². The topological polar surface area (TPSA) is 53.6 Å². The quantitative estimate of drug-likeness (QED) is 0.920. The summed E-state index contributed by atoms with van der Waals surface area (Å²) < 4.78 is 1.86. The van der Waals surface area contributed by atoms with Gasteiger partial charge in [0.2, 0.25) is 0 Å². The fraction of sp³-hybridized carbons (Fsp3) is 0.231. The molecule has 1 N–H and O–H groups in total. The van der Waals surface area contributed by atoms with Gasteiger partial charge in [0.25, 0.3) is 0 Å². The molecule has 0 saturated carbocycles. The van der Waals surface area contributed by atoms with E-state index in [1.807, 2.05) is 36.1 Å². The number of hydrogen-bond donors (Lipinski definition) is 1. The maximum absolute atomic E-state index is 9.03. The van der Waals surface area contributed by atoms with Gasteiger partial charge in [-0.1, -0.05) is 17.7 Å². The summed E-state index contributed by atoms with van der Waals surface area (Å²) >= 11 is 5.95. The number of hydrogen-bond acceptors (Lipinski definition) is 3. The summed E-state index contributed by atoms with van der Waals surface area (Å²) in [7, 11) is 0. The minimum atomic E-state index is 0.470. The summed E-state index contributed by atoms with van der Waals surface area (Å²) in [6, 6.07) is 7.48. The van der Waals surface area contributed by atoms with E-state index in [0.29, 0.717) is 17.1 Å². The first-order valence-corrected chi connectivity index (χ1v) is 6.00. The lowest BCUT2D eigenvalue weighted by molar-refractivity contribution is 0.637. The van der Waals surface area contributed by atoms with Crippen molar-refractivity contribution in [2.24, 2.45) is 0 Å². The standard InChI is InChI=1S/C13H13ClN4/c1-10-8-17-18(9-10)6-5-16-13-4-2-3-12(14)11(13)7-15/h2-4,8-9,16H,5-6H2,1H3. The van der Waals surface area contributed by atoms with Crippen LogP contribution in [0.25, 0.3) is 0 Å². The van der Waals surface area contributed by atoms with E-state index in [2.05, 4.69) is 16.5 Å². The van der Waals surface area contributed by atoms with E-state index in [1.165, 1.54) is 0 Å². The summed E-state index contributed by atoms with van der Waals surface area (Å²) in [5.41, 5.74) is 2.38. The lowest BCUT2D eigenvalue weighted by Crippen LogP contribution is -2.11. The molecule has 0 radical (unpaired) electrons. The Hall–Kier alpha value is -1.99. The van der Waals surface area contributed by atoms with Crippen LogP contribution in [0.15, 0.2) is 30.6 Å². The SMILES string of the molecule is Cc1cnn(CCNc2cccc(Cl)c2C#N)c1. The molecule has 92 valence electrons. The van der Waals surface area contributed by atoms with Gasteiger partial charge >= 0.3 is 0 Å². The molecular formula is C13H13ClN4. The Bertz CT molecular complexity index is 583. The van der Waals surface area contributed by atoms with Crippen LogP contribution >= 0.6 is 11.6 Å². The zero-order chi connectivity index (χ0) is 13.0. The third kappa shape index (κ3) is 2.82. The van der Waals surface area contributed by atoms with Crippen LogP contribution in [0, 0.1) is 18.3 Å². The predicted octanol–water partition coefficient (Wildman–Crippen LogP) is 2.83. The molecule has 0 unspecified atom stereocenters. The van der Waals surface area contributed by atoms with E-state index in [0.717, 1.165) is 17.8 Å². The molecule has 0 spiro atoms. The van der Waals surface area contributed by atoms with Gasteiger partial charge in [-0.15, -0.1) is 0 Å². The monoisotopic (exact) mass is 260 g/mol. The first-order valence-electron chi connectivity index (χ1n) is 5.62. The molecule has 2 aromatic rings. The zero-order valence-corrected chi connectivity index (χ0v) is 10.8. The Kier molecular flexibility index (Phi) is 3.85. The van der Waals surface area contributed by atoms with Gasteiger partial charge in [0, 0.05) is 12.7 Å². The van der Waals surface area contributed by atoms with Gasteiger partial charge in [-0.3, -0.25) is 4.68 Å². The highest BCUT2D eigenvalue weighted by Crippen LogP contribution is 2.22. The number of nitrogens with one attached hydrogen (secondary N) is 1. The molecule has 0 aliphatic heterocycles. The number of nitrogens with zero attached hydrogens (tertiary/aromatic N) is 3. The second-order valence-corrected chi connectivity index (χ2v) is 4.39. The number of aromatic nitrogens is 2. The molecule has 0 aliphatic carbocycles. The Balaban J connectivity index is 1.99. The second-order valence-electron chi connectivity index (χ2n) is 3.98. The van der Waals surface area contributed by atoms with E-state index in [4.69, 9.17) is 16.9 Å². The van der Waals surface area contributed by atoms with Crippen LogP contribution in [-0.4, -0.2) is 16.3 Å². The highest BCUT2D eigenvalue weighted by atomic mass is 35.5. The largest absolute Gasteiger partial charge is 0.382 e. The molecule has 0 bridgehead atoms. The summed E-state index contributed by atoms with van der Waals surface area (Å²) in [4.78, 5) is 0. The maximum Gasteiger partial charge on any atom is 0.103 e. The van der Waals surface area contributed by atoms with Crippen molar-refractivity contribution in [1.29, 1.82) is 5.26 Å². The fourth-order valence-electron chi connectivity index (χ4n) is 1.68. The van der Waals surface area contributed by atoms with Crippen LogP contribution in [0.5, 0.6) is 0 Å². The van der Waals surface area contributed by atoms with Crippen molar-refractivity contribution in [3.05, 3.63) is 46.7 Å². The molecule has 1 heterocycles. The van der Waals surface area contributed by atoms with Gasteiger partial charge in [0.15, 0.2) is 0 Å². The number of aryl methyl sites for hydroxylation is 1. The summed E-state index contributed by atoms with van der Waals surface area (Å²) in [6.07, 6.45) is 3.80.